The van der Waals surface area contributed by atoms with E-state index >= 15 is 0 Å². The highest BCUT2D eigenvalue weighted by Crippen LogP contribution is 2.20. The summed E-state index contributed by atoms with van der Waals surface area (Å²) in [4.78, 5) is 30.6. The predicted molar refractivity (Wildman–Crippen MR) is 67.5 cm³/mol. The molecule has 1 N–H and O–H groups in total. The van der Waals surface area contributed by atoms with Crippen LogP contribution in [0.15, 0.2) is 34.5 Å². The number of aromatic nitrogens is 4. The molecule has 0 radical (unpaired) electrons. The molecule has 3 rings (SSSR count). The third-order valence-corrected chi connectivity index (χ3v) is 2.67. The van der Waals surface area contributed by atoms with Gasteiger partial charge in [-0.3, -0.25) is 14.3 Å². The molecular formula is C12H12F2N4O3. The van der Waals surface area contributed by atoms with Crippen molar-refractivity contribution >= 4 is 0 Å². The molecule has 1 aliphatic heterocycles. The largest absolute Gasteiger partial charge is 0.358 e. The first-order valence-corrected chi connectivity index (χ1v) is 6.11. The predicted octanol–water partition coefficient (Wildman–Crippen LogP) is 0.600. The van der Waals surface area contributed by atoms with E-state index < -0.39 is 29.1 Å². The standard InChI is InChI=1S/C8H9FN2O3.C4H3FN2/c9-5-4-11(6-2-1-3-14-6)8(13)10-7(5)12;5-4-1-6-3-7-2-4/h4,6H,1-3H2,(H,10,12,13);1-3H. The maximum atomic E-state index is 12.9. The summed E-state index contributed by atoms with van der Waals surface area (Å²) >= 11 is 0. The lowest BCUT2D eigenvalue weighted by Gasteiger charge is -2.11. The molecule has 2 aromatic rings. The maximum absolute atomic E-state index is 12.9. The van der Waals surface area contributed by atoms with Crippen LogP contribution in [0.3, 0.4) is 0 Å². The molecule has 21 heavy (non-hydrogen) atoms. The zero-order valence-corrected chi connectivity index (χ0v) is 10.8. The van der Waals surface area contributed by atoms with E-state index in [2.05, 4.69) is 9.97 Å². The summed E-state index contributed by atoms with van der Waals surface area (Å²) < 4.78 is 30.9. The van der Waals surface area contributed by atoms with Crippen LogP contribution in [-0.2, 0) is 4.74 Å². The zero-order valence-electron chi connectivity index (χ0n) is 10.8. The van der Waals surface area contributed by atoms with Gasteiger partial charge in [-0.1, -0.05) is 0 Å². The minimum Gasteiger partial charge on any atom is -0.358 e. The van der Waals surface area contributed by atoms with Gasteiger partial charge in [0.2, 0.25) is 5.82 Å². The number of nitrogens with zero attached hydrogens (tertiary/aromatic N) is 3. The first kappa shape index (κ1) is 15.0. The van der Waals surface area contributed by atoms with Crippen molar-refractivity contribution in [3.63, 3.8) is 0 Å². The minimum absolute atomic E-state index is 0.400. The van der Waals surface area contributed by atoms with Crippen LogP contribution in [0.25, 0.3) is 0 Å². The Morgan fingerprint density at radius 3 is 2.52 bits per heavy atom. The van der Waals surface area contributed by atoms with Crippen molar-refractivity contribution in [1.82, 2.24) is 19.5 Å². The fraction of sp³-hybridized carbons (Fsp3) is 0.333. The molecule has 7 nitrogen and oxygen atoms in total. The van der Waals surface area contributed by atoms with E-state index in [-0.39, 0.29) is 0 Å². The average Bonchev–Trinajstić information content (AvgIpc) is 2.98. The lowest BCUT2D eigenvalue weighted by atomic mass is 10.3. The number of halogens is 2. The van der Waals surface area contributed by atoms with E-state index in [4.69, 9.17) is 4.74 Å². The molecule has 1 unspecified atom stereocenters. The zero-order chi connectivity index (χ0) is 15.2. The Morgan fingerprint density at radius 1 is 1.29 bits per heavy atom. The van der Waals surface area contributed by atoms with E-state index in [9.17, 15) is 18.4 Å². The van der Waals surface area contributed by atoms with E-state index in [1.807, 2.05) is 4.98 Å². The van der Waals surface area contributed by atoms with Gasteiger partial charge < -0.3 is 4.74 Å². The van der Waals surface area contributed by atoms with E-state index in [0.717, 1.165) is 29.6 Å². The van der Waals surface area contributed by atoms with Gasteiger partial charge >= 0.3 is 5.69 Å². The van der Waals surface area contributed by atoms with Crippen molar-refractivity contribution in [3.05, 3.63) is 57.4 Å². The normalized spacial score (nSPS) is 17.1. The van der Waals surface area contributed by atoms with Gasteiger partial charge in [0.15, 0.2) is 5.82 Å². The maximum Gasteiger partial charge on any atom is 0.330 e. The number of hydrogen-bond acceptors (Lipinski definition) is 5. The smallest absolute Gasteiger partial charge is 0.330 e. The molecule has 1 saturated heterocycles. The van der Waals surface area contributed by atoms with E-state index in [0.29, 0.717) is 13.0 Å². The van der Waals surface area contributed by atoms with Crippen molar-refractivity contribution in [2.24, 2.45) is 0 Å². The molecule has 0 aromatic carbocycles. The van der Waals surface area contributed by atoms with Crippen molar-refractivity contribution in [2.45, 2.75) is 19.1 Å². The third-order valence-electron chi connectivity index (χ3n) is 2.67. The van der Waals surface area contributed by atoms with Gasteiger partial charge in [0.1, 0.15) is 12.6 Å². The molecule has 1 atom stereocenters. The van der Waals surface area contributed by atoms with Gasteiger partial charge in [0, 0.05) is 6.61 Å². The first-order valence-electron chi connectivity index (χ1n) is 6.11. The van der Waals surface area contributed by atoms with Crippen LogP contribution in [0.5, 0.6) is 0 Å². The van der Waals surface area contributed by atoms with Crippen LogP contribution < -0.4 is 11.2 Å². The lowest BCUT2D eigenvalue weighted by Crippen LogP contribution is -2.33. The van der Waals surface area contributed by atoms with Crippen molar-refractivity contribution < 1.29 is 13.5 Å². The number of H-pyrrole nitrogens is 1. The van der Waals surface area contributed by atoms with Crippen molar-refractivity contribution in [3.8, 4) is 0 Å². The summed E-state index contributed by atoms with van der Waals surface area (Å²) in [6, 6.07) is 0. The summed E-state index contributed by atoms with van der Waals surface area (Å²) in [5.74, 6) is -1.37. The molecule has 1 aliphatic rings. The van der Waals surface area contributed by atoms with Gasteiger partial charge in [0.05, 0.1) is 18.6 Å². The molecule has 9 heteroatoms. The summed E-state index contributed by atoms with van der Waals surface area (Å²) in [7, 11) is 0. The van der Waals surface area contributed by atoms with E-state index in [1.54, 1.807) is 0 Å². The molecule has 0 saturated carbocycles. The third kappa shape index (κ3) is 4.02. The Balaban J connectivity index is 0.000000194. The van der Waals surface area contributed by atoms with Gasteiger partial charge in [-0.15, -0.1) is 0 Å². The molecule has 0 amide bonds. The highest BCUT2D eigenvalue weighted by atomic mass is 19.1. The highest BCUT2D eigenvalue weighted by Gasteiger charge is 2.19. The number of ether oxygens (including phenoxy) is 1. The summed E-state index contributed by atoms with van der Waals surface area (Å²) in [5, 5.41) is 0. The molecule has 1 fully saturated rings. The van der Waals surface area contributed by atoms with E-state index in [1.165, 1.54) is 6.33 Å². The van der Waals surface area contributed by atoms with Gasteiger partial charge in [-0.25, -0.2) is 19.2 Å². The first-order chi connectivity index (χ1) is 10.1. The van der Waals surface area contributed by atoms with Crippen LogP contribution in [0.1, 0.15) is 19.1 Å². The number of aromatic amines is 1. The second kappa shape index (κ2) is 6.84. The summed E-state index contributed by atoms with van der Waals surface area (Å²) in [6.07, 6.45) is 5.41. The van der Waals surface area contributed by atoms with Crippen LogP contribution in [0, 0.1) is 11.6 Å². The Bertz CT molecular complexity index is 696. The molecule has 0 spiro atoms. The Hall–Kier alpha value is -2.42. The topological polar surface area (TPSA) is 89.9 Å². The minimum atomic E-state index is -0.996. The SMILES string of the molecule is Fc1cncnc1.O=c1[nH]c(=O)n(C2CCCO2)cc1F. The number of rotatable bonds is 1. The Morgan fingerprint density at radius 2 is 2.00 bits per heavy atom. The van der Waals surface area contributed by atoms with Crippen molar-refractivity contribution in [2.75, 3.05) is 6.61 Å². The number of nitrogens with one attached hydrogen (secondary N) is 1. The van der Waals surface area contributed by atoms with Gasteiger partial charge in [-0.05, 0) is 12.8 Å². The molecule has 112 valence electrons. The molecule has 3 heterocycles. The highest BCUT2D eigenvalue weighted by molar-refractivity contribution is 4.88. The average molecular weight is 298 g/mol. The Labute approximate surface area is 117 Å². The summed E-state index contributed by atoms with van der Waals surface area (Å²) in [6.45, 7) is 0.553. The van der Waals surface area contributed by atoms with Crippen LogP contribution >= 0.6 is 0 Å². The van der Waals surface area contributed by atoms with Gasteiger partial charge in [0.25, 0.3) is 5.56 Å². The van der Waals surface area contributed by atoms with Crippen LogP contribution in [0.4, 0.5) is 8.78 Å². The molecule has 0 bridgehead atoms. The second-order valence-corrected chi connectivity index (χ2v) is 4.17. The fourth-order valence-electron chi connectivity index (χ4n) is 1.74. The molecule has 0 aliphatic carbocycles. The number of hydrogen-bond donors (Lipinski definition) is 1. The van der Waals surface area contributed by atoms with Crippen LogP contribution in [0.2, 0.25) is 0 Å². The lowest BCUT2D eigenvalue weighted by molar-refractivity contribution is 0.0517. The quantitative estimate of drug-likeness (QED) is 0.832. The molecular weight excluding hydrogens is 286 g/mol. The second-order valence-electron chi connectivity index (χ2n) is 4.17. The van der Waals surface area contributed by atoms with Gasteiger partial charge in [-0.2, -0.15) is 4.39 Å². The Kier molecular flexibility index (Phi) is 4.88. The molecule has 2 aromatic heterocycles. The van der Waals surface area contributed by atoms with Crippen LogP contribution in [-0.4, -0.2) is 26.1 Å². The fourth-order valence-corrected chi connectivity index (χ4v) is 1.74. The monoisotopic (exact) mass is 298 g/mol. The summed E-state index contributed by atoms with van der Waals surface area (Å²) in [5.41, 5.74) is -1.63. The van der Waals surface area contributed by atoms with Crippen molar-refractivity contribution in [1.29, 1.82) is 0 Å².